The molecule has 1 aromatic carbocycles. The monoisotopic (exact) mass is 298 g/mol. The van der Waals surface area contributed by atoms with Gasteiger partial charge < -0.3 is 9.88 Å². The van der Waals surface area contributed by atoms with E-state index in [1.165, 1.54) is 43.4 Å². The van der Waals surface area contributed by atoms with Gasteiger partial charge in [-0.25, -0.2) is 0 Å². The molecule has 3 nitrogen and oxygen atoms in total. The lowest BCUT2D eigenvalue weighted by atomic mass is 9.89. The zero-order chi connectivity index (χ0) is 15.7. The molecule has 2 aromatic rings. The van der Waals surface area contributed by atoms with Gasteiger partial charge in [0.2, 0.25) is 0 Å². The lowest BCUT2D eigenvalue weighted by molar-refractivity contribution is 0.0761. The van der Waals surface area contributed by atoms with Gasteiger partial charge >= 0.3 is 0 Å². The molecule has 1 amide bonds. The van der Waals surface area contributed by atoms with E-state index in [0.29, 0.717) is 5.92 Å². The van der Waals surface area contributed by atoms with Crippen LogP contribution in [0.15, 0.2) is 18.2 Å². The Morgan fingerprint density at radius 1 is 1.23 bits per heavy atom. The molecule has 22 heavy (non-hydrogen) atoms. The van der Waals surface area contributed by atoms with Crippen LogP contribution in [0.25, 0.3) is 10.9 Å². The first-order chi connectivity index (χ1) is 10.6. The molecule has 1 aliphatic rings. The minimum absolute atomic E-state index is 0.144. The minimum Gasteiger partial charge on any atom is -0.358 e. The third-order valence-electron chi connectivity index (χ3n) is 5.16. The fourth-order valence-electron chi connectivity index (χ4n) is 3.65. The zero-order valence-corrected chi connectivity index (χ0v) is 13.9. The van der Waals surface area contributed by atoms with Gasteiger partial charge in [0.05, 0.1) is 0 Å². The Morgan fingerprint density at radius 2 is 1.95 bits per heavy atom. The third kappa shape index (κ3) is 2.90. The number of aryl methyl sites for hydroxylation is 2. The molecule has 1 saturated carbocycles. The molecule has 1 N–H and O–H groups in total. The van der Waals surface area contributed by atoms with Crippen molar-refractivity contribution in [3.63, 3.8) is 0 Å². The number of nitrogens with one attached hydrogen (secondary N) is 1. The van der Waals surface area contributed by atoms with E-state index in [1.807, 2.05) is 30.1 Å². The van der Waals surface area contributed by atoms with Crippen molar-refractivity contribution in [1.82, 2.24) is 9.88 Å². The van der Waals surface area contributed by atoms with Crippen molar-refractivity contribution in [3.05, 3.63) is 35.0 Å². The second-order valence-electron chi connectivity index (χ2n) is 6.83. The number of benzene rings is 1. The standard InChI is InChI=1S/C19H26N2O/c1-13-14(2)20-18-10-9-16(11-17(13)18)19(22)21(3)12-15-7-5-4-6-8-15/h9-11,15,20H,4-8,12H2,1-3H3. The van der Waals surface area contributed by atoms with E-state index < -0.39 is 0 Å². The van der Waals surface area contributed by atoms with E-state index in [4.69, 9.17) is 0 Å². The van der Waals surface area contributed by atoms with Gasteiger partial charge in [0.1, 0.15) is 0 Å². The van der Waals surface area contributed by atoms with Crippen LogP contribution >= 0.6 is 0 Å². The summed E-state index contributed by atoms with van der Waals surface area (Å²) in [5, 5.41) is 1.16. The van der Waals surface area contributed by atoms with Crippen LogP contribution in [0.2, 0.25) is 0 Å². The van der Waals surface area contributed by atoms with Crippen molar-refractivity contribution < 1.29 is 4.79 Å². The molecule has 0 saturated heterocycles. The molecule has 118 valence electrons. The fraction of sp³-hybridized carbons (Fsp3) is 0.526. The summed E-state index contributed by atoms with van der Waals surface area (Å²) in [7, 11) is 1.94. The molecule has 1 heterocycles. The van der Waals surface area contributed by atoms with Crippen LogP contribution in [-0.2, 0) is 0 Å². The van der Waals surface area contributed by atoms with Crippen molar-refractivity contribution in [3.8, 4) is 0 Å². The van der Waals surface area contributed by atoms with Crippen LogP contribution < -0.4 is 0 Å². The number of hydrogen-bond acceptors (Lipinski definition) is 1. The number of rotatable bonds is 3. The molecule has 3 rings (SSSR count). The summed E-state index contributed by atoms with van der Waals surface area (Å²) in [5.74, 6) is 0.827. The zero-order valence-electron chi connectivity index (χ0n) is 13.9. The van der Waals surface area contributed by atoms with E-state index in [2.05, 4.69) is 18.8 Å². The molecule has 3 heteroatoms. The smallest absolute Gasteiger partial charge is 0.253 e. The molecular weight excluding hydrogens is 272 g/mol. The van der Waals surface area contributed by atoms with Gasteiger partial charge in [0.25, 0.3) is 5.91 Å². The number of amides is 1. The first-order valence-electron chi connectivity index (χ1n) is 8.40. The number of fused-ring (bicyclic) bond motifs is 1. The highest BCUT2D eigenvalue weighted by Crippen LogP contribution is 2.26. The summed E-state index contributed by atoms with van der Waals surface area (Å²) in [6, 6.07) is 6.00. The second kappa shape index (κ2) is 6.15. The minimum atomic E-state index is 0.144. The molecule has 0 unspecified atom stereocenters. The topological polar surface area (TPSA) is 36.1 Å². The van der Waals surface area contributed by atoms with Crippen LogP contribution in [0.4, 0.5) is 0 Å². The lowest BCUT2D eigenvalue weighted by Crippen LogP contribution is -2.32. The SMILES string of the molecule is Cc1[nH]c2ccc(C(=O)N(C)CC3CCCCC3)cc2c1C. The molecule has 0 spiro atoms. The van der Waals surface area contributed by atoms with E-state index in [1.54, 1.807) is 0 Å². The van der Waals surface area contributed by atoms with Gasteiger partial charge in [-0.2, -0.15) is 0 Å². The second-order valence-corrected chi connectivity index (χ2v) is 6.83. The molecular formula is C19H26N2O. The summed E-state index contributed by atoms with van der Waals surface area (Å²) in [6.07, 6.45) is 6.54. The first kappa shape index (κ1) is 15.1. The maximum absolute atomic E-state index is 12.7. The first-order valence-corrected chi connectivity index (χ1v) is 8.40. The molecule has 0 radical (unpaired) electrons. The largest absolute Gasteiger partial charge is 0.358 e. The van der Waals surface area contributed by atoms with E-state index in [9.17, 15) is 4.79 Å². The van der Waals surface area contributed by atoms with E-state index >= 15 is 0 Å². The lowest BCUT2D eigenvalue weighted by Gasteiger charge is -2.27. The van der Waals surface area contributed by atoms with Crippen LogP contribution in [0, 0.1) is 19.8 Å². The Labute approximate surface area is 132 Å². The summed E-state index contributed by atoms with van der Waals surface area (Å²) in [5.41, 5.74) is 4.32. The quantitative estimate of drug-likeness (QED) is 0.893. The van der Waals surface area contributed by atoms with Gasteiger partial charge in [0, 0.05) is 35.8 Å². The maximum Gasteiger partial charge on any atom is 0.253 e. The van der Waals surface area contributed by atoms with Crippen LogP contribution in [-0.4, -0.2) is 29.4 Å². The normalized spacial score (nSPS) is 16.1. The predicted molar refractivity (Wildman–Crippen MR) is 91.3 cm³/mol. The van der Waals surface area contributed by atoms with Gasteiger partial charge in [-0.05, 0) is 56.4 Å². The summed E-state index contributed by atoms with van der Waals surface area (Å²) >= 11 is 0. The average Bonchev–Trinajstić information content (AvgIpc) is 2.82. The van der Waals surface area contributed by atoms with Crippen LogP contribution in [0.5, 0.6) is 0 Å². The Bertz CT molecular complexity index is 680. The molecule has 1 fully saturated rings. The predicted octanol–water partition coefficient (Wildman–Crippen LogP) is 4.44. The van der Waals surface area contributed by atoms with Gasteiger partial charge in [0.15, 0.2) is 0 Å². The molecule has 0 bridgehead atoms. The highest BCUT2D eigenvalue weighted by molar-refractivity contribution is 5.98. The highest BCUT2D eigenvalue weighted by Gasteiger charge is 2.19. The number of nitrogens with zero attached hydrogens (tertiary/aromatic N) is 1. The number of aromatic nitrogens is 1. The Hall–Kier alpha value is -1.77. The van der Waals surface area contributed by atoms with Crippen molar-refractivity contribution in [2.45, 2.75) is 46.0 Å². The van der Waals surface area contributed by atoms with Crippen molar-refractivity contribution in [2.24, 2.45) is 5.92 Å². The summed E-state index contributed by atoms with van der Waals surface area (Å²) < 4.78 is 0. The van der Waals surface area contributed by atoms with Crippen molar-refractivity contribution in [2.75, 3.05) is 13.6 Å². The Morgan fingerprint density at radius 3 is 2.68 bits per heavy atom. The van der Waals surface area contributed by atoms with E-state index in [0.717, 1.165) is 23.0 Å². The third-order valence-corrected chi connectivity index (χ3v) is 5.16. The number of aromatic amines is 1. The van der Waals surface area contributed by atoms with Crippen molar-refractivity contribution >= 4 is 16.8 Å². The summed E-state index contributed by atoms with van der Waals surface area (Å²) in [4.78, 5) is 18.0. The van der Waals surface area contributed by atoms with Gasteiger partial charge in [-0.15, -0.1) is 0 Å². The van der Waals surface area contributed by atoms with Gasteiger partial charge in [-0.3, -0.25) is 4.79 Å². The molecule has 1 aliphatic carbocycles. The molecule has 0 aliphatic heterocycles. The fourth-order valence-corrected chi connectivity index (χ4v) is 3.65. The van der Waals surface area contributed by atoms with Crippen LogP contribution in [0.1, 0.15) is 53.7 Å². The van der Waals surface area contributed by atoms with Crippen molar-refractivity contribution in [1.29, 1.82) is 0 Å². The number of carbonyl (C=O) groups is 1. The molecule has 1 aromatic heterocycles. The Kier molecular flexibility index (Phi) is 4.23. The van der Waals surface area contributed by atoms with Gasteiger partial charge in [-0.1, -0.05) is 19.3 Å². The highest BCUT2D eigenvalue weighted by atomic mass is 16.2. The average molecular weight is 298 g/mol. The Balaban J connectivity index is 1.77. The summed E-state index contributed by atoms with van der Waals surface area (Å²) in [6.45, 7) is 5.07. The number of carbonyl (C=O) groups excluding carboxylic acids is 1. The maximum atomic E-state index is 12.7. The number of hydrogen-bond donors (Lipinski definition) is 1. The van der Waals surface area contributed by atoms with E-state index in [-0.39, 0.29) is 5.91 Å². The number of H-pyrrole nitrogens is 1. The molecule has 0 atom stereocenters. The van der Waals surface area contributed by atoms with Crippen LogP contribution in [0.3, 0.4) is 0 Å².